The van der Waals surface area contributed by atoms with Crippen molar-refractivity contribution in [3.8, 4) is 17.1 Å². The first-order valence-electron chi connectivity index (χ1n) is 8.63. The molecule has 1 N–H and O–H groups in total. The van der Waals surface area contributed by atoms with Crippen LogP contribution in [0.5, 0.6) is 5.75 Å². The van der Waals surface area contributed by atoms with Crippen LogP contribution in [0.3, 0.4) is 0 Å². The van der Waals surface area contributed by atoms with Crippen LogP contribution >= 0.6 is 11.8 Å². The summed E-state index contributed by atoms with van der Waals surface area (Å²) in [5.74, 6) is 1.25. The van der Waals surface area contributed by atoms with Crippen molar-refractivity contribution in [2.24, 2.45) is 0 Å². The van der Waals surface area contributed by atoms with E-state index in [0.29, 0.717) is 17.3 Å². The molecule has 29 heavy (non-hydrogen) atoms. The lowest BCUT2D eigenvalue weighted by molar-refractivity contribution is -0.385. The second-order valence-electron chi connectivity index (χ2n) is 5.97. The fraction of sp³-hybridized carbons (Fsp3) is 0.150. The summed E-state index contributed by atoms with van der Waals surface area (Å²) in [7, 11) is 1.39. The SMILES string of the molecule is COc1ccc(CSCC(=O)Nc2cnc(-c3ccccc3)nc2)cc1[N+](=O)[O-]. The number of rotatable bonds is 8. The molecule has 0 aliphatic rings. The highest BCUT2D eigenvalue weighted by Crippen LogP contribution is 2.29. The highest BCUT2D eigenvalue weighted by molar-refractivity contribution is 7.99. The van der Waals surface area contributed by atoms with E-state index in [9.17, 15) is 14.9 Å². The molecule has 0 radical (unpaired) electrons. The Morgan fingerprint density at radius 3 is 2.55 bits per heavy atom. The highest BCUT2D eigenvalue weighted by atomic mass is 32.2. The zero-order valence-electron chi connectivity index (χ0n) is 15.6. The van der Waals surface area contributed by atoms with Crippen LogP contribution in [0.15, 0.2) is 60.9 Å². The van der Waals surface area contributed by atoms with Crippen LogP contribution < -0.4 is 10.1 Å². The van der Waals surface area contributed by atoms with E-state index in [0.717, 1.165) is 11.1 Å². The van der Waals surface area contributed by atoms with Crippen molar-refractivity contribution < 1.29 is 14.5 Å². The van der Waals surface area contributed by atoms with Gasteiger partial charge in [0.2, 0.25) is 5.91 Å². The number of methoxy groups -OCH3 is 1. The smallest absolute Gasteiger partial charge is 0.311 e. The minimum Gasteiger partial charge on any atom is -0.490 e. The third-order valence-corrected chi connectivity index (χ3v) is 4.91. The molecule has 0 fully saturated rings. The predicted octanol–water partition coefficient (Wildman–Crippen LogP) is 3.93. The van der Waals surface area contributed by atoms with E-state index < -0.39 is 4.92 Å². The lowest BCUT2D eigenvalue weighted by Crippen LogP contribution is -2.14. The van der Waals surface area contributed by atoms with Crippen LogP contribution in [-0.2, 0) is 10.5 Å². The number of carbonyl (C=O) groups is 1. The molecule has 0 spiro atoms. The number of hydrogen-bond acceptors (Lipinski definition) is 7. The van der Waals surface area contributed by atoms with Crippen molar-refractivity contribution in [1.82, 2.24) is 9.97 Å². The van der Waals surface area contributed by atoms with Gasteiger partial charge in [-0.15, -0.1) is 11.8 Å². The molecular formula is C20H18N4O4S. The molecule has 3 rings (SSSR count). The van der Waals surface area contributed by atoms with Crippen molar-refractivity contribution in [1.29, 1.82) is 0 Å². The number of thioether (sulfide) groups is 1. The number of ether oxygens (including phenoxy) is 1. The van der Waals surface area contributed by atoms with Crippen molar-refractivity contribution in [2.45, 2.75) is 5.75 Å². The number of nitro benzene ring substituents is 1. The normalized spacial score (nSPS) is 10.4. The molecule has 1 amide bonds. The summed E-state index contributed by atoms with van der Waals surface area (Å²) in [4.78, 5) is 31.2. The number of anilines is 1. The van der Waals surface area contributed by atoms with Gasteiger partial charge in [-0.2, -0.15) is 0 Å². The number of aromatic nitrogens is 2. The van der Waals surface area contributed by atoms with E-state index >= 15 is 0 Å². The molecule has 9 heteroatoms. The molecule has 0 saturated heterocycles. The Bertz CT molecular complexity index is 997. The van der Waals surface area contributed by atoms with Crippen molar-refractivity contribution in [2.75, 3.05) is 18.2 Å². The molecule has 1 heterocycles. The number of hydrogen-bond donors (Lipinski definition) is 1. The van der Waals surface area contributed by atoms with E-state index in [-0.39, 0.29) is 23.1 Å². The molecule has 0 saturated carbocycles. The van der Waals surface area contributed by atoms with Crippen LogP contribution in [0.2, 0.25) is 0 Å². The molecule has 148 valence electrons. The van der Waals surface area contributed by atoms with Crippen molar-refractivity contribution >= 4 is 29.0 Å². The van der Waals surface area contributed by atoms with Crippen molar-refractivity contribution in [3.05, 3.63) is 76.6 Å². The summed E-state index contributed by atoms with van der Waals surface area (Å²) in [6, 6.07) is 14.3. The summed E-state index contributed by atoms with van der Waals surface area (Å²) < 4.78 is 4.98. The van der Waals surface area contributed by atoms with Gasteiger partial charge in [-0.3, -0.25) is 14.9 Å². The lowest BCUT2D eigenvalue weighted by Gasteiger charge is -2.07. The number of benzene rings is 2. The van der Waals surface area contributed by atoms with Crippen molar-refractivity contribution in [3.63, 3.8) is 0 Å². The summed E-state index contributed by atoms with van der Waals surface area (Å²) in [6.45, 7) is 0. The first kappa shape index (κ1) is 20.3. The summed E-state index contributed by atoms with van der Waals surface area (Å²) in [5, 5.41) is 13.8. The Labute approximate surface area is 171 Å². The molecule has 0 unspecified atom stereocenters. The van der Waals surface area contributed by atoms with E-state index in [1.54, 1.807) is 24.5 Å². The van der Waals surface area contributed by atoms with E-state index in [4.69, 9.17) is 4.74 Å². The average Bonchev–Trinajstić information content (AvgIpc) is 2.74. The Morgan fingerprint density at radius 2 is 1.90 bits per heavy atom. The van der Waals surface area contributed by atoms with Gasteiger partial charge in [0.05, 0.1) is 35.9 Å². The fourth-order valence-electron chi connectivity index (χ4n) is 2.56. The standard InChI is InChI=1S/C20H18N4O4S/c1-28-18-8-7-14(9-17(18)24(26)27)12-29-13-19(25)23-16-10-21-20(22-11-16)15-5-3-2-4-6-15/h2-11H,12-13H2,1H3,(H,23,25). The third kappa shape index (κ3) is 5.52. The van der Waals surface area contributed by atoms with Gasteiger partial charge in [0.1, 0.15) is 0 Å². The zero-order chi connectivity index (χ0) is 20.6. The van der Waals surface area contributed by atoms with Gasteiger partial charge < -0.3 is 10.1 Å². The molecule has 0 aliphatic heterocycles. The van der Waals surface area contributed by atoms with Crippen LogP contribution in [0.4, 0.5) is 11.4 Å². The van der Waals surface area contributed by atoms with Gasteiger partial charge >= 0.3 is 5.69 Å². The predicted molar refractivity (Wildman–Crippen MR) is 112 cm³/mol. The van der Waals surface area contributed by atoms with E-state index in [2.05, 4.69) is 15.3 Å². The average molecular weight is 410 g/mol. The summed E-state index contributed by atoms with van der Waals surface area (Å²) >= 11 is 1.35. The maximum atomic E-state index is 12.1. The second kappa shape index (κ2) is 9.65. The maximum Gasteiger partial charge on any atom is 0.311 e. The number of nitrogens with one attached hydrogen (secondary N) is 1. The van der Waals surface area contributed by atoms with Gasteiger partial charge in [0.15, 0.2) is 11.6 Å². The monoisotopic (exact) mass is 410 g/mol. The molecule has 8 nitrogen and oxygen atoms in total. The summed E-state index contributed by atoms with van der Waals surface area (Å²) in [6.07, 6.45) is 3.12. The number of amides is 1. The minimum atomic E-state index is -0.487. The Kier molecular flexibility index (Phi) is 6.75. The third-order valence-electron chi connectivity index (χ3n) is 3.91. The van der Waals surface area contributed by atoms with E-state index in [1.165, 1.54) is 24.9 Å². The van der Waals surface area contributed by atoms with Gasteiger partial charge in [-0.1, -0.05) is 36.4 Å². The zero-order valence-corrected chi connectivity index (χ0v) is 16.4. The minimum absolute atomic E-state index is 0.0919. The highest BCUT2D eigenvalue weighted by Gasteiger charge is 2.15. The van der Waals surface area contributed by atoms with Crippen LogP contribution in [0.1, 0.15) is 5.56 Å². The number of nitro groups is 1. The Balaban J connectivity index is 1.51. The van der Waals surface area contributed by atoms with Gasteiger partial charge in [0.25, 0.3) is 0 Å². The largest absolute Gasteiger partial charge is 0.490 e. The van der Waals surface area contributed by atoms with E-state index in [1.807, 2.05) is 30.3 Å². The Hall–Kier alpha value is -3.46. The summed E-state index contributed by atoms with van der Waals surface area (Å²) in [5.41, 5.74) is 2.06. The topological polar surface area (TPSA) is 107 Å². The molecule has 0 aliphatic carbocycles. The number of nitrogens with zero attached hydrogens (tertiary/aromatic N) is 3. The van der Waals surface area contributed by atoms with Gasteiger partial charge in [-0.25, -0.2) is 9.97 Å². The second-order valence-corrected chi connectivity index (χ2v) is 6.95. The first-order valence-corrected chi connectivity index (χ1v) is 9.78. The molecule has 0 atom stereocenters. The van der Waals surface area contributed by atoms with Gasteiger partial charge in [-0.05, 0) is 11.6 Å². The maximum absolute atomic E-state index is 12.1. The lowest BCUT2D eigenvalue weighted by atomic mass is 10.2. The first-order chi connectivity index (χ1) is 14.1. The van der Waals surface area contributed by atoms with Crippen LogP contribution in [-0.4, -0.2) is 33.7 Å². The molecule has 2 aromatic carbocycles. The molecule has 3 aromatic rings. The molecule has 0 bridgehead atoms. The number of carbonyl (C=O) groups excluding carboxylic acids is 1. The molecular weight excluding hydrogens is 392 g/mol. The quantitative estimate of drug-likeness (QED) is 0.443. The fourth-order valence-corrected chi connectivity index (χ4v) is 3.33. The van der Waals surface area contributed by atoms with Crippen LogP contribution in [0.25, 0.3) is 11.4 Å². The Morgan fingerprint density at radius 1 is 1.17 bits per heavy atom. The van der Waals surface area contributed by atoms with Crippen LogP contribution in [0, 0.1) is 10.1 Å². The van der Waals surface area contributed by atoms with Gasteiger partial charge in [0, 0.05) is 17.4 Å². The molecule has 1 aromatic heterocycles.